The van der Waals surface area contributed by atoms with E-state index in [-0.39, 0.29) is 23.2 Å². The van der Waals surface area contributed by atoms with Gasteiger partial charge < -0.3 is 15.1 Å². The fourth-order valence-corrected chi connectivity index (χ4v) is 4.61. The van der Waals surface area contributed by atoms with Crippen LogP contribution in [-0.4, -0.2) is 23.0 Å². The zero-order chi connectivity index (χ0) is 24.6. The fraction of sp³-hybridized carbons (Fsp3) is 0.269. The number of amides is 1. The molecule has 0 saturated heterocycles. The van der Waals surface area contributed by atoms with Crippen molar-refractivity contribution in [1.29, 1.82) is 0 Å². The van der Waals surface area contributed by atoms with Crippen molar-refractivity contribution in [1.82, 2.24) is 10.3 Å². The van der Waals surface area contributed by atoms with Gasteiger partial charge in [0.15, 0.2) is 0 Å². The van der Waals surface area contributed by atoms with E-state index in [1.54, 1.807) is 48.5 Å². The second-order valence-electron chi connectivity index (χ2n) is 8.72. The Kier molecular flexibility index (Phi) is 5.92. The van der Waals surface area contributed by atoms with Crippen LogP contribution in [0.1, 0.15) is 41.7 Å². The van der Waals surface area contributed by atoms with Gasteiger partial charge in [-0.25, -0.2) is 4.98 Å². The second-order valence-corrected chi connectivity index (χ2v) is 8.72. The largest absolute Gasteiger partial charge is 0.463 e. The van der Waals surface area contributed by atoms with Crippen LogP contribution >= 0.6 is 0 Å². The molecule has 2 atom stereocenters. The predicted octanol–water partition coefficient (Wildman–Crippen LogP) is 5.51. The Labute approximate surface area is 198 Å². The Bertz CT molecular complexity index is 1470. The number of fused-ring (bicyclic) bond motifs is 2. The zero-order valence-electron chi connectivity index (χ0n) is 18.6. The highest BCUT2D eigenvalue weighted by Crippen LogP contribution is 2.34. The summed E-state index contributed by atoms with van der Waals surface area (Å²) in [7, 11) is 0. The summed E-state index contributed by atoms with van der Waals surface area (Å²) in [6, 6.07) is 14.0. The molecule has 1 aliphatic carbocycles. The third-order valence-corrected chi connectivity index (χ3v) is 6.30. The van der Waals surface area contributed by atoms with Gasteiger partial charge in [0, 0.05) is 23.2 Å². The number of nitrogens with zero attached hydrogens (tertiary/aromatic N) is 1. The van der Waals surface area contributed by atoms with Gasteiger partial charge in [-0.1, -0.05) is 30.3 Å². The summed E-state index contributed by atoms with van der Waals surface area (Å²) >= 11 is 0. The Morgan fingerprint density at radius 1 is 1.00 bits per heavy atom. The summed E-state index contributed by atoms with van der Waals surface area (Å²) in [4.78, 5) is 29.3. The van der Waals surface area contributed by atoms with E-state index < -0.39 is 23.2 Å². The van der Waals surface area contributed by atoms with Gasteiger partial charge in [-0.05, 0) is 49.9 Å². The molecular weight excluding hydrogens is 459 g/mol. The van der Waals surface area contributed by atoms with Crippen LogP contribution in [0.2, 0.25) is 0 Å². The van der Waals surface area contributed by atoms with Crippen molar-refractivity contribution in [2.75, 3.05) is 5.32 Å². The first-order valence-corrected chi connectivity index (χ1v) is 11.3. The van der Waals surface area contributed by atoms with Gasteiger partial charge in [-0.15, -0.1) is 0 Å². The van der Waals surface area contributed by atoms with Gasteiger partial charge in [0.25, 0.3) is 5.91 Å². The van der Waals surface area contributed by atoms with E-state index in [0.29, 0.717) is 34.9 Å². The molecule has 1 amide bonds. The number of hydrogen-bond donors (Lipinski definition) is 2. The number of para-hydroxylation sites is 2. The van der Waals surface area contributed by atoms with E-state index in [9.17, 15) is 22.8 Å². The highest BCUT2D eigenvalue weighted by atomic mass is 19.4. The van der Waals surface area contributed by atoms with E-state index in [1.165, 1.54) is 6.26 Å². The predicted molar refractivity (Wildman–Crippen MR) is 126 cm³/mol. The Morgan fingerprint density at radius 2 is 1.71 bits per heavy atom. The molecule has 1 saturated carbocycles. The Hall–Kier alpha value is -3.88. The van der Waals surface area contributed by atoms with Gasteiger partial charge in [0.2, 0.25) is 5.43 Å². The molecule has 0 aliphatic heterocycles. The number of carbonyl (C=O) groups is 1. The van der Waals surface area contributed by atoms with E-state index in [4.69, 9.17) is 4.42 Å². The lowest BCUT2D eigenvalue weighted by Gasteiger charge is -2.31. The highest BCUT2D eigenvalue weighted by Gasteiger charge is 2.34. The number of hydrogen-bond acceptors (Lipinski definition) is 5. The van der Waals surface area contributed by atoms with Crippen molar-refractivity contribution in [3.05, 3.63) is 82.3 Å². The first kappa shape index (κ1) is 22.9. The van der Waals surface area contributed by atoms with Crippen molar-refractivity contribution in [3.63, 3.8) is 0 Å². The van der Waals surface area contributed by atoms with Crippen LogP contribution < -0.4 is 16.1 Å². The lowest BCUT2D eigenvalue weighted by Crippen LogP contribution is -2.43. The van der Waals surface area contributed by atoms with Crippen LogP contribution in [0.25, 0.3) is 21.9 Å². The minimum atomic E-state index is -4.56. The van der Waals surface area contributed by atoms with Crippen LogP contribution in [0.15, 0.2) is 70.1 Å². The lowest BCUT2D eigenvalue weighted by molar-refractivity contribution is -0.140. The van der Waals surface area contributed by atoms with Crippen molar-refractivity contribution >= 4 is 33.5 Å². The van der Waals surface area contributed by atoms with Crippen LogP contribution in [0.4, 0.5) is 18.9 Å². The smallest absolute Gasteiger partial charge is 0.433 e. The van der Waals surface area contributed by atoms with Gasteiger partial charge >= 0.3 is 6.18 Å². The molecular formula is C26H22F3N3O3. The van der Waals surface area contributed by atoms with Crippen LogP contribution in [0, 0.1) is 0 Å². The maximum atomic E-state index is 13.4. The zero-order valence-corrected chi connectivity index (χ0v) is 18.6. The quantitative estimate of drug-likeness (QED) is 0.401. The molecule has 0 radical (unpaired) electrons. The standard InChI is InChI=1S/C26H22F3N3O3/c27-26(28,29)23-13-21(17-8-1-3-10-20(17)32-23)30-15-6-5-7-16(12-15)31-25(34)19-14-35-22-11-4-2-9-18(22)24(19)33/h1-4,8-11,13-16H,5-7,12H2,(H,30,32)(H,31,34)/t15-,16+/m0/s1. The number of aromatic nitrogens is 1. The van der Waals surface area contributed by atoms with Gasteiger partial charge in [-0.2, -0.15) is 13.2 Å². The van der Waals surface area contributed by atoms with E-state index >= 15 is 0 Å². The SMILES string of the molecule is O=C(N[C@@H]1CCC[C@H](Nc2cc(C(F)(F)F)nc3ccccc23)C1)c1coc2ccccc2c1=O. The molecule has 1 aliphatic rings. The van der Waals surface area contributed by atoms with Gasteiger partial charge in [-0.3, -0.25) is 9.59 Å². The summed E-state index contributed by atoms with van der Waals surface area (Å²) in [6.45, 7) is 0. The maximum Gasteiger partial charge on any atom is 0.433 e. The van der Waals surface area contributed by atoms with Crippen LogP contribution in [-0.2, 0) is 6.18 Å². The monoisotopic (exact) mass is 481 g/mol. The van der Waals surface area contributed by atoms with Crippen molar-refractivity contribution in [3.8, 4) is 0 Å². The molecule has 2 aromatic heterocycles. The molecule has 2 aromatic carbocycles. The fourth-order valence-electron chi connectivity index (χ4n) is 4.61. The molecule has 0 spiro atoms. The average molecular weight is 481 g/mol. The maximum absolute atomic E-state index is 13.4. The number of alkyl halides is 3. The number of rotatable bonds is 4. The minimum absolute atomic E-state index is 0.0753. The minimum Gasteiger partial charge on any atom is -0.463 e. The molecule has 35 heavy (non-hydrogen) atoms. The molecule has 4 aromatic rings. The molecule has 2 heterocycles. The summed E-state index contributed by atoms with van der Waals surface area (Å²) < 4.78 is 45.6. The molecule has 0 unspecified atom stereocenters. The first-order chi connectivity index (χ1) is 16.8. The number of carbonyl (C=O) groups excluding carboxylic acids is 1. The lowest BCUT2D eigenvalue weighted by atomic mass is 9.90. The third kappa shape index (κ3) is 4.71. The molecule has 1 fully saturated rings. The number of anilines is 1. The molecule has 5 rings (SSSR count). The third-order valence-electron chi connectivity index (χ3n) is 6.30. The number of nitrogens with one attached hydrogen (secondary N) is 2. The van der Waals surface area contributed by atoms with Crippen molar-refractivity contribution in [2.45, 2.75) is 43.9 Å². The molecule has 0 bridgehead atoms. The van der Waals surface area contributed by atoms with E-state index in [1.807, 2.05) is 0 Å². The van der Waals surface area contributed by atoms with E-state index in [2.05, 4.69) is 15.6 Å². The summed E-state index contributed by atoms with van der Waals surface area (Å²) in [5.74, 6) is -0.524. The van der Waals surface area contributed by atoms with E-state index in [0.717, 1.165) is 18.9 Å². The van der Waals surface area contributed by atoms with Crippen molar-refractivity contribution in [2.24, 2.45) is 0 Å². The Balaban J connectivity index is 1.34. The number of pyridine rings is 1. The summed E-state index contributed by atoms with van der Waals surface area (Å²) in [5.41, 5.74) is -0.420. The summed E-state index contributed by atoms with van der Waals surface area (Å²) in [5, 5.41) is 7.07. The van der Waals surface area contributed by atoms with Crippen molar-refractivity contribution < 1.29 is 22.4 Å². The van der Waals surface area contributed by atoms with Crippen LogP contribution in [0.5, 0.6) is 0 Å². The topological polar surface area (TPSA) is 84.2 Å². The molecule has 180 valence electrons. The normalized spacial score (nSPS) is 18.5. The Morgan fingerprint density at radius 3 is 2.51 bits per heavy atom. The average Bonchev–Trinajstić information content (AvgIpc) is 2.84. The first-order valence-electron chi connectivity index (χ1n) is 11.3. The van der Waals surface area contributed by atoms with Gasteiger partial charge in [0.05, 0.1) is 10.9 Å². The molecule has 9 heteroatoms. The second kappa shape index (κ2) is 9.05. The highest BCUT2D eigenvalue weighted by molar-refractivity contribution is 5.96. The number of benzene rings is 2. The molecule has 2 N–H and O–H groups in total. The van der Waals surface area contributed by atoms with Crippen LogP contribution in [0.3, 0.4) is 0 Å². The summed E-state index contributed by atoms with van der Waals surface area (Å²) in [6.07, 6.45) is -0.687. The van der Waals surface area contributed by atoms with Gasteiger partial charge in [0.1, 0.15) is 23.1 Å². The molecule has 6 nitrogen and oxygen atoms in total. The number of halogens is 3.